The number of esters is 1. The van der Waals surface area contributed by atoms with Crippen molar-refractivity contribution in [2.24, 2.45) is 0 Å². The summed E-state index contributed by atoms with van der Waals surface area (Å²) in [7, 11) is 0. The zero-order valence-corrected chi connectivity index (χ0v) is 13.6. The molecule has 0 bridgehead atoms. The molecule has 0 heterocycles. The van der Waals surface area contributed by atoms with Crippen molar-refractivity contribution < 1.29 is 23.6 Å². The van der Waals surface area contributed by atoms with E-state index in [4.69, 9.17) is 16.3 Å². The van der Waals surface area contributed by atoms with Crippen molar-refractivity contribution in [2.75, 3.05) is 5.32 Å². The number of benzene rings is 2. The number of rotatable bonds is 5. The van der Waals surface area contributed by atoms with Crippen LogP contribution in [0.1, 0.15) is 17.3 Å². The number of carbonyl (C=O) groups excluding carboxylic acids is 2. The number of ether oxygens (including phenoxy) is 1. The lowest BCUT2D eigenvalue weighted by molar-refractivity contribution is -0.383. The monoisotopic (exact) mass is 366 g/mol. The Hall–Kier alpha value is -3.00. The highest BCUT2D eigenvalue weighted by atomic mass is 35.5. The number of anilines is 1. The normalized spacial score (nSPS) is 11.5. The number of hydrogen-bond acceptors (Lipinski definition) is 5. The van der Waals surface area contributed by atoms with Crippen LogP contribution in [0.5, 0.6) is 0 Å². The van der Waals surface area contributed by atoms with E-state index in [0.29, 0.717) is 0 Å². The minimum absolute atomic E-state index is 0.0276. The van der Waals surface area contributed by atoms with Crippen LogP contribution in [-0.4, -0.2) is 22.9 Å². The van der Waals surface area contributed by atoms with E-state index in [1.165, 1.54) is 31.2 Å². The van der Waals surface area contributed by atoms with Gasteiger partial charge in [0.1, 0.15) is 11.5 Å². The number of nitro groups is 1. The van der Waals surface area contributed by atoms with Gasteiger partial charge < -0.3 is 10.1 Å². The van der Waals surface area contributed by atoms with Gasteiger partial charge in [-0.3, -0.25) is 14.9 Å². The van der Waals surface area contributed by atoms with E-state index in [1.807, 2.05) is 0 Å². The van der Waals surface area contributed by atoms with Gasteiger partial charge in [-0.1, -0.05) is 23.7 Å². The fourth-order valence-corrected chi connectivity index (χ4v) is 2.15. The molecule has 2 aromatic carbocycles. The molecule has 0 aliphatic carbocycles. The van der Waals surface area contributed by atoms with Crippen LogP contribution < -0.4 is 5.32 Å². The Morgan fingerprint density at radius 3 is 2.60 bits per heavy atom. The molecule has 25 heavy (non-hydrogen) atoms. The highest BCUT2D eigenvalue weighted by Crippen LogP contribution is 2.24. The van der Waals surface area contributed by atoms with Crippen LogP contribution in [0.3, 0.4) is 0 Å². The maximum Gasteiger partial charge on any atom is 0.340 e. The third kappa shape index (κ3) is 4.51. The van der Waals surface area contributed by atoms with Crippen molar-refractivity contribution in [1.82, 2.24) is 0 Å². The molecule has 9 heteroatoms. The van der Waals surface area contributed by atoms with E-state index in [-0.39, 0.29) is 22.0 Å². The second-order valence-corrected chi connectivity index (χ2v) is 5.34. The van der Waals surface area contributed by atoms with E-state index in [2.05, 4.69) is 5.32 Å². The van der Waals surface area contributed by atoms with Crippen molar-refractivity contribution in [1.29, 1.82) is 0 Å². The minimum Gasteiger partial charge on any atom is -0.449 e. The smallest absolute Gasteiger partial charge is 0.340 e. The Morgan fingerprint density at radius 1 is 1.28 bits per heavy atom. The average molecular weight is 367 g/mol. The van der Waals surface area contributed by atoms with Gasteiger partial charge in [0.2, 0.25) is 0 Å². The molecule has 7 nitrogen and oxygen atoms in total. The molecule has 1 amide bonds. The molecule has 0 spiro atoms. The van der Waals surface area contributed by atoms with E-state index in [9.17, 15) is 24.1 Å². The van der Waals surface area contributed by atoms with E-state index in [1.54, 1.807) is 0 Å². The number of hydrogen-bond donors (Lipinski definition) is 1. The van der Waals surface area contributed by atoms with Gasteiger partial charge in [0.25, 0.3) is 11.6 Å². The van der Waals surface area contributed by atoms with Crippen LogP contribution in [-0.2, 0) is 9.53 Å². The average Bonchev–Trinajstić information content (AvgIpc) is 2.54. The molecule has 0 saturated carbocycles. The molecule has 2 aromatic rings. The first kappa shape index (κ1) is 18.3. The summed E-state index contributed by atoms with van der Waals surface area (Å²) in [5, 5.41) is 13.1. The molecule has 130 valence electrons. The molecule has 0 aliphatic heterocycles. The van der Waals surface area contributed by atoms with Gasteiger partial charge in [-0.05, 0) is 31.2 Å². The number of amides is 1. The van der Waals surface area contributed by atoms with Gasteiger partial charge >= 0.3 is 5.97 Å². The largest absolute Gasteiger partial charge is 0.449 e. The number of nitrogens with one attached hydrogen (secondary N) is 1. The quantitative estimate of drug-likeness (QED) is 0.495. The van der Waals surface area contributed by atoms with Crippen LogP contribution in [0.2, 0.25) is 5.02 Å². The summed E-state index contributed by atoms with van der Waals surface area (Å²) in [6.07, 6.45) is -1.26. The van der Waals surface area contributed by atoms with Gasteiger partial charge in [-0.15, -0.1) is 0 Å². The number of nitro benzene ring substituents is 1. The number of para-hydroxylation sites is 2. The summed E-state index contributed by atoms with van der Waals surface area (Å²) >= 11 is 5.76. The summed E-state index contributed by atoms with van der Waals surface area (Å²) in [4.78, 5) is 34.4. The van der Waals surface area contributed by atoms with Gasteiger partial charge in [-0.2, -0.15) is 0 Å². The topological polar surface area (TPSA) is 98.5 Å². The highest BCUT2D eigenvalue weighted by Gasteiger charge is 2.23. The Kier molecular flexibility index (Phi) is 5.66. The zero-order chi connectivity index (χ0) is 18.6. The van der Waals surface area contributed by atoms with Gasteiger partial charge in [-0.25, -0.2) is 9.18 Å². The van der Waals surface area contributed by atoms with Crippen LogP contribution in [0.25, 0.3) is 0 Å². The predicted molar refractivity (Wildman–Crippen MR) is 88.0 cm³/mol. The molecule has 0 saturated heterocycles. The van der Waals surface area contributed by atoms with Crippen molar-refractivity contribution >= 4 is 34.9 Å². The second-order valence-electron chi connectivity index (χ2n) is 4.94. The molecule has 1 N–H and O–H groups in total. The summed E-state index contributed by atoms with van der Waals surface area (Å²) in [5.41, 5.74) is -0.426. The van der Waals surface area contributed by atoms with Crippen LogP contribution in [0.15, 0.2) is 42.5 Å². The first-order valence-corrected chi connectivity index (χ1v) is 7.37. The fourth-order valence-electron chi connectivity index (χ4n) is 1.91. The third-order valence-corrected chi connectivity index (χ3v) is 3.48. The second kappa shape index (κ2) is 7.71. The Balaban J connectivity index is 2.08. The first-order valence-electron chi connectivity index (χ1n) is 7.00. The number of halogens is 2. The third-order valence-electron chi connectivity index (χ3n) is 3.16. The maximum atomic E-state index is 13.0. The molecule has 0 aliphatic rings. The predicted octanol–water partition coefficient (Wildman–Crippen LogP) is 3.57. The maximum absolute atomic E-state index is 13.0. The van der Waals surface area contributed by atoms with Gasteiger partial charge in [0, 0.05) is 6.07 Å². The molecule has 1 atom stereocenters. The summed E-state index contributed by atoms with van der Waals surface area (Å²) in [6, 6.07) is 8.64. The van der Waals surface area contributed by atoms with E-state index < -0.39 is 28.7 Å². The Morgan fingerprint density at radius 2 is 1.96 bits per heavy atom. The van der Waals surface area contributed by atoms with Crippen molar-refractivity contribution in [2.45, 2.75) is 13.0 Å². The van der Waals surface area contributed by atoms with Crippen molar-refractivity contribution in [3.05, 3.63) is 69.0 Å². The molecule has 2 rings (SSSR count). The van der Waals surface area contributed by atoms with Crippen molar-refractivity contribution in [3.8, 4) is 0 Å². The SMILES string of the molecule is C[C@@H](OC(=O)c1ccc(F)cc1Cl)C(=O)Nc1ccccc1[N+](=O)[O-]. The standard InChI is InChI=1S/C16H12ClFN2O5/c1-9(25-16(22)11-7-6-10(18)8-12(11)17)15(21)19-13-4-2-3-5-14(13)20(23)24/h2-9H,1H3,(H,19,21)/t9-/m1/s1. The lowest BCUT2D eigenvalue weighted by Gasteiger charge is -2.14. The highest BCUT2D eigenvalue weighted by molar-refractivity contribution is 6.33. The molecule has 0 radical (unpaired) electrons. The Labute approximate surface area is 146 Å². The van der Waals surface area contributed by atoms with E-state index >= 15 is 0 Å². The van der Waals surface area contributed by atoms with Crippen LogP contribution in [0.4, 0.5) is 15.8 Å². The van der Waals surface area contributed by atoms with Crippen molar-refractivity contribution in [3.63, 3.8) is 0 Å². The number of carbonyl (C=O) groups is 2. The molecule has 0 unspecified atom stereocenters. The molecule has 0 fully saturated rings. The summed E-state index contributed by atoms with van der Waals surface area (Å²) in [6.45, 7) is 1.29. The fraction of sp³-hybridized carbons (Fsp3) is 0.125. The molecular formula is C16H12ClFN2O5. The Bertz CT molecular complexity index is 843. The van der Waals surface area contributed by atoms with Gasteiger partial charge in [0.15, 0.2) is 6.10 Å². The molecule has 0 aromatic heterocycles. The van der Waals surface area contributed by atoms with Gasteiger partial charge in [0.05, 0.1) is 15.5 Å². The van der Waals surface area contributed by atoms with E-state index in [0.717, 1.165) is 18.2 Å². The zero-order valence-electron chi connectivity index (χ0n) is 12.9. The summed E-state index contributed by atoms with van der Waals surface area (Å²) in [5.74, 6) is -2.31. The first-order chi connectivity index (χ1) is 11.8. The molecular weight excluding hydrogens is 355 g/mol. The lowest BCUT2D eigenvalue weighted by atomic mass is 10.2. The van der Waals surface area contributed by atoms with Crippen LogP contribution in [0, 0.1) is 15.9 Å². The minimum atomic E-state index is -1.26. The lowest BCUT2D eigenvalue weighted by Crippen LogP contribution is -2.30. The summed E-state index contributed by atoms with van der Waals surface area (Å²) < 4.78 is 18.0. The van der Waals surface area contributed by atoms with Crippen LogP contribution >= 0.6 is 11.6 Å². The number of nitrogens with zero attached hydrogens (tertiary/aromatic N) is 1.